The summed E-state index contributed by atoms with van der Waals surface area (Å²) in [4.78, 5) is 30.7. The van der Waals surface area contributed by atoms with Crippen molar-refractivity contribution in [1.82, 2.24) is 9.66 Å². The van der Waals surface area contributed by atoms with Crippen molar-refractivity contribution in [2.24, 2.45) is 5.10 Å². The van der Waals surface area contributed by atoms with Crippen LogP contribution in [-0.4, -0.2) is 35.0 Å². The zero-order chi connectivity index (χ0) is 29.9. The second kappa shape index (κ2) is 12.8. The van der Waals surface area contributed by atoms with E-state index in [4.69, 9.17) is 14.5 Å². The van der Waals surface area contributed by atoms with Gasteiger partial charge in [0.15, 0.2) is 18.1 Å². The molecule has 0 atom stereocenters. The fourth-order valence-corrected chi connectivity index (χ4v) is 5.14. The van der Waals surface area contributed by atoms with Gasteiger partial charge >= 0.3 is 0 Å². The van der Waals surface area contributed by atoms with Crippen molar-refractivity contribution in [2.75, 3.05) is 18.5 Å². The van der Waals surface area contributed by atoms with Crippen LogP contribution in [0.25, 0.3) is 10.9 Å². The standard InChI is InChI=1S/C29H26Br3FN4O4/c1-5-40-22-12-16(24(31)25(32)26(22)41-15-23(38)35-21-9-7-6-8-19(21)33)14-34-37-27(39)18-13-17(30)10-11-20(18)36-28(37)29(2,3)4/h6-14H,5,15H2,1-4H3,(H,35,38). The lowest BCUT2D eigenvalue weighted by Gasteiger charge is -2.21. The Labute approximate surface area is 261 Å². The van der Waals surface area contributed by atoms with Crippen LogP contribution in [0.1, 0.15) is 39.1 Å². The van der Waals surface area contributed by atoms with Crippen molar-refractivity contribution in [3.8, 4) is 11.5 Å². The van der Waals surface area contributed by atoms with Gasteiger partial charge in [-0.05, 0) is 75.2 Å². The van der Waals surface area contributed by atoms with Crippen LogP contribution in [0.3, 0.4) is 0 Å². The molecule has 0 radical (unpaired) electrons. The van der Waals surface area contributed by atoms with Crippen molar-refractivity contribution in [1.29, 1.82) is 0 Å². The quantitative estimate of drug-likeness (QED) is 0.189. The molecule has 0 saturated heterocycles. The van der Waals surface area contributed by atoms with Gasteiger partial charge in [0.2, 0.25) is 0 Å². The van der Waals surface area contributed by atoms with Crippen LogP contribution < -0.4 is 20.3 Å². The van der Waals surface area contributed by atoms with Crippen molar-refractivity contribution in [2.45, 2.75) is 33.1 Å². The second-order valence-electron chi connectivity index (χ2n) is 9.88. The highest BCUT2D eigenvalue weighted by Gasteiger charge is 2.23. The van der Waals surface area contributed by atoms with Crippen LogP contribution in [0.15, 0.2) is 71.8 Å². The zero-order valence-electron chi connectivity index (χ0n) is 22.6. The van der Waals surface area contributed by atoms with Gasteiger partial charge in [-0.3, -0.25) is 9.59 Å². The third kappa shape index (κ3) is 7.04. The summed E-state index contributed by atoms with van der Waals surface area (Å²) in [6.07, 6.45) is 1.52. The van der Waals surface area contributed by atoms with Crippen molar-refractivity contribution < 1.29 is 18.7 Å². The van der Waals surface area contributed by atoms with Crippen LogP contribution in [0.5, 0.6) is 11.5 Å². The van der Waals surface area contributed by atoms with Gasteiger partial charge in [-0.1, -0.05) is 48.8 Å². The van der Waals surface area contributed by atoms with Gasteiger partial charge in [0.1, 0.15) is 11.6 Å². The molecule has 0 spiro atoms. The van der Waals surface area contributed by atoms with E-state index >= 15 is 0 Å². The van der Waals surface area contributed by atoms with Gasteiger partial charge in [0, 0.05) is 19.9 Å². The highest BCUT2D eigenvalue weighted by molar-refractivity contribution is 9.13. The number of para-hydroxylation sites is 1. The van der Waals surface area contributed by atoms with Gasteiger partial charge in [-0.15, -0.1) is 0 Å². The monoisotopic (exact) mass is 750 g/mol. The predicted octanol–water partition coefficient (Wildman–Crippen LogP) is 7.42. The molecule has 8 nitrogen and oxygen atoms in total. The number of ether oxygens (including phenoxy) is 2. The second-order valence-corrected chi connectivity index (χ2v) is 12.4. The van der Waals surface area contributed by atoms with Crippen molar-refractivity contribution in [3.05, 3.63) is 89.5 Å². The van der Waals surface area contributed by atoms with Crippen LogP contribution in [0, 0.1) is 5.82 Å². The van der Waals surface area contributed by atoms with E-state index in [0.29, 0.717) is 43.6 Å². The Morgan fingerprint density at radius 3 is 2.51 bits per heavy atom. The third-order valence-electron chi connectivity index (χ3n) is 5.74. The number of nitrogens with zero attached hydrogens (tertiary/aromatic N) is 3. The number of fused-ring (bicyclic) bond motifs is 1. The molecule has 0 fully saturated rings. The molecule has 4 aromatic rings. The molecule has 0 aliphatic carbocycles. The summed E-state index contributed by atoms with van der Waals surface area (Å²) in [5, 5.41) is 7.45. The Bertz CT molecular complexity index is 1720. The van der Waals surface area contributed by atoms with E-state index in [0.717, 1.165) is 4.47 Å². The Balaban J connectivity index is 1.69. The number of nitrogens with one attached hydrogen (secondary N) is 1. The first-order chi connectivity index (χ1) is 19.4. The van der Waals surface area contributed by atoms with Gasteiger partial charge in [-0.2, -0.15) is 9.78 Å². The molecule has 1 N–H and O–H groups in total. The number of benzene rings is 3. The Morgan fingerprint density at radius 2 is 1.83 bits per heavy atom. The first kappa shape index (κ1) is 30.9. The van der Waals surface area contributed by atoms with E-state index in [-0.39, 0.29) is 17.0 Å². The van der Waals surface area contributed by atoms with Crippen LogP contribution in [0.4, 0.5) is 10.1 Å². The maximum Gasteiger partial charge on any atom is 0.282 e. The maximum atomic E-state index is 13.9. The summed E-state index contributed by atoms with van der Waals surface area (Å²) in [5.74, 6) is 0.00717. The Morgan fingerprint density at radius 1 is 1.10 bits per heavy atom. The number of carbonyl (C=O) groups excluding carboxylic acids is 1. The number of aromatic nitrogens is 2. The van der Waals surface area contributed by atoms with Crippen LogP contribution in [-0.2, 0) is 10.2 Å². The van der Waals surface area contributed by atoms with E-state index in [2.05, 4.69) is 58.2 Å². The SMILES string of the molecule is CCOc1cc(C=Nn2c(C(C)(C)C)nc3ccc(Br)cc3c2=O)c(Br)c(Br)c1OCC(=O)Nc1ccccc1F. The molecule has 214 valence electrons. The number of carbonyl (C=O) groups is 1. The number of anilines is 1. The number of halogens is 4. The van der Waals surface area contributed by atoms with E-state index in [1.807, 2.05) is 33.8 Å². The number of hydrogen-bond donors (Lipinski definition) is 1. The molecule has 12 heteroatoms. The minimum Gasteiger partial charge on any atom is -0.490 e. The largest absolute Gasteiger partial charge is 0.490 e. The number of rotatable bonds is 8. The average molecular weight is 753 g/mol. The van der Waals surface area contributed by atoms with E-state index in [1.54, 1.807) is 24.3 Å². The zero-order valence-corrected chi connectivity index (χ0v) is 27.4. The topological polar surface area (TPSA) is 94.8 Å². The summed E-state index contributed by atoms with van der Waals surface area (Å²) in [6.45, 7) is 7.61. The molecule has 3 aromatic carbocycles. The van der Waals surface area contributed by atoms with E-state index in [9.17, 15) is 14.0 Å². The average Bonchev–Trinajstić information content (AvgIpc) is 2.91. The van der Waals surface area contributed by atoms with Gasteiger partial charge < -0.3 is 14.8 Å². The third-order valence-corrected chi connectivity index (χ3v) is 8.38. The van der Waals surface area contributed by atoms with Gasteiger partial charge in [-0.25, -0.2) is 9.37 Å². The first-order valence-electron chi connectivity index (χ1n) is 12.5. The highest BCUT2D eigenvalue weighted by Crippen LogP contribution is 2.42. The Hall–Kier alpha value is -3.09. The van der Waals surface area contributed by atoms with Gasteiger partial charge in [0.25, 0.3) is 11.5 Å². The number of amides is 1. The van der Waals surface area contributed by atoms with Crippen molar-refractivity contribution in [3.63, 3.8) is 0 Å². The molecule has 0 saturated carbocycles. The van der Waals surface area contributed by atoms with E-state index in [1.165, 1.54) is 29.1 Å². The smallest absolute Gasteiger partial charge is 0.282 e. The number of hydrogen-bond acceptors (Lipinski definition) is 6. The van der Waals surface area contributed by atoms with Crippen molar-refractivity contribution >= 4 is 76.5 Å². The molecule has 1 aromatic heterocycles. The summed E-state index contributed by atoms with van der Waals surface area (Å²) in [6, 6.07) is 12.9. The summed E-state index contributed by atoms with van der Waals surface area (Å²) in [5.41, 5.74) is 0.423. The lowest BCUT2D eigenvalue weighted by atomic mass is 9.95. The predicted molar refractivity (Wildman–Crippen MR) is 169 cm³/mol. The fraction of sp³-hybridized carbons (Fsp3) is 0.241. The highest BCUT2D eigenvalue weighted by atomic mass is 79.9. The normalized spacial score (nSPS) is 11.7. The lowest BCUT2D eigenvalue weighted by molar-refractivity contribution is -0.118. The van der Waals surface area contributed by atoms with E-state index < -0.39 is 23.7 Å². The summed E-state index contributed by atoms with van der Waals surface area (Å²) >= 11 is 10.5. The summed E-state index contributed by atoms with van der Waals surface area (Å²) < 4.78 is 28.6. The minimum absolute atomic E-state index is 0.0540. The Kier molecular flexibility index (Phi) is 9.66. The molecular formula is C29H26Br3FN4O4. The molecule has 0 aliphatic rings. The van der Waals surface area contributed by atoms with Crippen LogP contribution >= 0.6 is 47.8 Å². The van der Waals surface area contributed by atoms with Gasteiger partial charge in [0.05, 0.1) is 33.9 Å². The molecular weight excluding hydrogens is 727 g/mol. The fourth-order valence-electron chi connectivity index (χ4n) is 3.84. The molecule has 0 aliphatic heterocycles. The maximum absolute atomic E-state index is 13.9. The van der Waals surface area contributed by atoms with Crippen LogP contribution in [0.2, 0.25) is 0 Å². The molecule has 0 unspecified atom stereocenters. The summed E-state index contributed by atoms with van der Waals surface area (Å²) in [7, 11) is 0. The molecule has 1 amide bonds. The molecule has 1 heterocycles. The molecule has 0 bridgehead atoms. The lowest BCUT2D eigenvalue weighted by Crippen LogP contribution is -2.29. The molecule has 4 rings (SSSR count). The molecule has 41 heavy (non-hydrogen) atoms. The minimum atomic E-state index is -0.550. The first-order valence-corrected chi connectivity index (χ1v) is 14.9.